The van der Waals surface area contributed by atoms with E-state index in [-0.39, 0.29) is 19.4 Å². The molecule has 5 N–H and O–H groups in total. The fourth-order valence-electron chi connectivity index (χ4n) is 1.61. The highest BCUT2D eigenvalue weighted by Gasteiger charge is 2.19. The molecule has 1 rings (SSSR count). The van der Waals surface area contributed by atoms with Crippen LogP contribution in [0.25, 0.3) is 0 Å². The number of hydrogen-bond acceptors (Lipinski definition) is 4. The Bertz CT molecular complexity index is 422. The molecule has 6 heteroatoms. The van der Waals surface area contributed by atoms with Gasteiger partial charge >= 0.3 is 5.97 Å². The number of rotatable bonds is 7. The lowest BCUT2D eigenvalue weighted by Gasteiger charge is -2.19. The molecule has 2 atom stereocenters. The number of benzene rings is 1. The molecular formula is C13H18N2O4. The van der Waals surface area contributed by atoms with Crippen LogP contribution in [0.1, 0.15) is 24.4 Å². The summed E-state index contributed by atoms with van der Waals surface area (Å²) in [5.74, 6) is -1.46. The molecule has 0 radical (unpaired) electrons. The second-order valence-corrected chi connectivity index (χ2v) is 4.19. The molecule has 0 aromatic heterocycles. The molecule has 0 saturated carbocycles. The maximum Gasteiger partial charge on any atom is 0.303 e. The number of aliphatic hydroxyl groups is 1. The van der Waals surface area contributed by atoms with Gasteiger partial charge in [-0.05, 0) is 12.0 Å². The van der Waals surface area contributed by atoms with Crippen molar-refractivity contribution >= 4 is 11.9 Å². The Morgan fingerprint density at radius 2 is 1.89 bits per heavy atom. The molecule has 104 valence electrons. The minimum absolute atomic E-state index is 0.0636. The maximum absolute atomic E-state index is 11.8. The Morgan fingerprint density at radius 1 is 1.26 bits per heavy atom. The first-order chi connectivity index (χ1) is 9.04. The van der Waals surface area contributed by atoms with Gasteiger partial charge in [0.2, 0.25) is 5.91 Å². The van der Waals surface area contributed by atoms with Crippen LogP contribution < -0.4 is 11.1 Å². The summed E-state index contributed by atoms with van der Waals surface area (Å²) >= 11 is 0. The van der Waals surface area contributed by atoms with Gasteiger partial charge in [0.1, 0.15) is 0 Å². The summed E-state index contributed by atoms with van der Waals surface area (Å²) in [6.07, 6.45) is -0.0994. The first kappa shape index (κ1) is 15.1. The van der Waals surface area contributed by atoms with Crippen molar-refractivity contribution in [1.29, 1.82) is 0 Å². The van der Waals surface area contributed by atoms with E-state index in [2.05, 4.69) is 5.32 Å². The number of aliphatic carboxylic acids is 1. The van der Waals surface area contributed by atoms with Gasteiger partial charge in [-0.15, -0.1) is 0 Å². The first-order valence-corrected chi connectivity index (χ1v) is 5.98. The average Bonchev–Trinajstić information content (AvgIpc) is 2.42. The van der Waals surface area contributed by atoms with Gasteiger partial charge in [0.05, 0.1) is 18.7 Å². The Kier molecular flexibility index (Phi) is 5.98. The second kappa shape index (κ2) is 7.50. The van der Waals surface area contributed by atoms with Crippen LogP contribution in [0.4, 0.5) is 0 Å². The van der Waals surface area contributed by atoms with Gasteiger partial charge in [0.25, 0.3) is 0 Å². The molecule has 0 aliphatic heterocycles. The summed E-state index contributed by atoms with van der Waals surface area (Å²) in [6, 6.07) is 7.56. The van der Waals surface area contributed by atoms with Crippen LogP contribution in [0.2, 0.25) is 0 Å². The zero-order chi connectivity index (χ0) is 14.3. The van der Waals surface area contributed by atoms with Gasteiger partial charge in [0, 0.05) is 6.42 Å². The van der Waals surface area contributed by atoms with Gasteiger partial charge in [-0.3, -0.25) is 9.59 Å². The second-order valence-electron chi connectivity index (χ2n) is 4.19. The van der Waals surface area contributed by atoms with E-state index in [1.807, 2.05) is 6.07 Å². The highest BCUT2D eigenvalue weighted by molar-refractivity contribution is 5.82. The SMILES string of the molecule is NC(CCC(=O)O)C(=O)N[C@@H](CO)c1ccccc1. The Labute approximate surface area is 111 Å². The lowest BCUT2D eigenvalue weighted by Crippen LogP contribution is -2.43. The van der Waals surface area contributed by atoms with E-state index in [0.29, 0.717) is 0 Å². The number of nitrogens with two attached hydrogens (primary N) is 1. The average molecular weight is 266 g/mol. The van der Waals surface area contributed by atoms with E-state index < -0.39 is 24.0 Å². The number of carboxylic acid groups (broad SMARTS) is 1. The largest absolute Gasteiger partial charge is 0.481 e. The summed E-state index contributed by atoms with van der Waals surface area (Å²) in [6.45, 7) is -0.249. The van der Waals surface area contributed by atoms with Gasteiger partial charge in [-0.1, -0.05) is 30.3 Å². The Hall–Kier alpha value is -1.92. The molecule has 0 aliphatic rings. The van der Waals surface area contributed by atoms with E-state index in [4.69, 9.17) is 10.8 Å². The number of carboxylic acids is 1. The smallest absolute Gasteiger partial charge is 0.303 e. The standard InChI is InChI=1S/C13H18N2O4/c14-10(6-7-12(17)18)13(19)15-11(8-16)9-4-2-1-3-5-9/h1-5,10-11,16H,6-8,14H2,(H,15,19)(H,17,18)/t10?,11-/m0/s1. The molecule has 1 unspecified atom stereocenters. The van der Waals surface area contributed by atoms with E-state index in [1.165, 1.54) is 0 Å². The monoisotopic (exact) mass is 266 g/mol. The lowest BCUT2D eigenvalue weighted by atomic mass is 10.1. The predicted molar refractivity (Wildman–Crippen MR) is 69.3 cm³/mol. The molecule has 0 spiro atoms. The third kappa shape index (κ3) is 5.07. The van der Waals surface area contributed by atoms with E-state index in [9.17, 15) is 14.7 Å². The number of carbonyl (C=O) groups excluding carboxylic acids is 1. The number of hydrogen-bond donors (Lipinski definition) is 4. The van der Waals surface area contributed by atoms with Crippen molar-refractivity contribution in [3.8, 4) is 0 Å². The van der Waals surface area contributed by atoms with Crippen molar-refractivity contribution in [1.82, 2.24) is 5.32 Å². The van der Waals surface area contributed by atoms with Gasteiger partial charge in [-0.25, -0.2) is 0 Å². The quantitative estimate of drug-likeness (QED) is 0.556. The van der Waals surface area contributed by atoms with Crippen LogP contribution in [0.15, 0.2) is 30.3 Å². The molecule has 0 aliphatic carbocycles. The minimum atomic E-state index is -0.995. The summed E-state index contributed by atoms with van der Waals surface area (Å²) in [5, 5.41) is 20.4. The summed E-state index contributed by atoms with van der Waals surface area (Å²) in [5.41, 5.74) is 6.36. The zero-order valence-electron chi connectivity index (χ0n) is 10.5. The van der Waals surface area contributed by atoms with Crippen LogP contribution >= 0.6 is 0 Å². The molecule has 1 aromatic carbocycles. The third-order valence-corrected chi connectivity index (χ3v) is 2.71. The number of nitrogens with one attached hydrogen (secondary N) is 1. The van der Waals surface area contributed by atoms with E-state index in [1.54, 1.807) is 24.3 Å². The lowest BCUT2D eigenvalue weighted by molar-refractivity contribution is -0.137. The first-order valence-electron chi connectivity index (χ1n) is 5.98. The topological polar surface area (TPSA) is 113 Å². The highest BCUT2D eigenvalue weighted by Crippen LogP contribution is 2.11. The predicted octanol–water partition coefficient (Wildman–Crippen LogP) is 0.0283. The molecular weight excluding hydrogens is 248 g/mol. The fraction of sp³-hybridized carbons (Fsp3) is 0.385. The fourth-order valence-corrected chi connectivity index (χ4v) is 1.61. The van der Waals surface area contributed by atoms with Gasteiger partial charge in [-0.2, -0.15) is 0 Å². The van der Waals surface area contributed by atoms with Crippen molar-refractivity contribution in [3.05, 3.63) is 35.9 Å². The Morgan fingerprint density at radius 3 is 2.42 bits per heavy atom. The summed E-state index contributed by atoms with van der Waals surface area (Å²) in [7, 11) is 0. The number of carbonyl (C=O) groups is 2. The molecule has 0 saturated heterocycles. The number of amides is 1. The molecule has 0 fully saturated rings. The highest BCUT2D eigenvalue weighted by atomic mass is 16.4. The molecule has 19 heavy (non-hydrogen) atoms. The van der Waals surface area contributed by atoms with Crippen molar-refractivity contribution in [2.24, 2.45) is 5.73 Å². The van der Waals surface area contributed by atoms with Gasteiger partial charge in [0.15, 0.2) is 0 Å². The zero-order valence-corrected chi connectivity index (χ0v) is 10.5. The van der Waals surface area contributed by atoms with Crippen LogP contribution in [0.5, 0.6) is 0 Å². The molecule has 0 heterocycles. The van der Waals surface area contributed by atoms with E-state index in [0.717, 1.165) is 5.56 Å². The van der Waals surface area contributed by atoms with E-state index >= 15 is 0 Å². The molecule has 1 amide bonds. The normalized spacial score (nSPS) is 13.6. The van der Waals surface area contributed by atoms with Crippen molar-refractivity contribution in [3.63, 3.8) is 0 Å². The van der Waals surface area contributed by atoms with Gasteiger partial charge < -0.3 is 21.3 Å². The molecule has 6 nitrogen and oxygen atoms in total. The molecule has 0 bridgehead atoms. The number of aliphatic hydroxyl groups excluding tert-OH is 1. The van der Waals surface area contributed by atoms with Crippen LogP contribution in [0, 0.1) is 0 Å². The molecule has 1 aromatic rings. The third-order valence-electron chi connectivity index (χ3n) is 2.71. The summed E-state index contributed by atoms with van der Waals surface area (Å²) < 4.78 is 0. The van der Waals surface area contributed by atoms with Crippen molar-refractivity contribution in [2.75, 3.05) is 6.61 Å². The van der Waals surface area contributed by atoms with Crippen LogP contribution in [0.3, 0.4) is 0 Å². The Balaban J connectivity index is 2.56. The summed E-state index contributed by atoms with van der Waals surface area (Å²) in [4.78, 5) is 22.2. The minimum Gasteiger partial charge on any atom is -0.481 e. The van der Waals surface area contributed by atoms with Crippen LogP contribution in [-0.4, -0.2) is 34.7 Å². The van der Waals surface area contributed by atoms with Crippen molar-refractivity contribution < 1.29 is 19.8 Å². The van der Waals surface area contributed by atoms with Crippen molar-refractivity contribution in [2.45, 2.75) is 24.9 Å². The van der Waals surface area contributed by atoms with Crippen LogP contribution in [-0.2, 0) is 9.59 Å². The maximum atomic E-state index is 11.8.